The van der Waals surface area contributed by atoms with Crippen molar-refractivity contribution in [2.24, 2.45) is 5.92 Å². The second kappa shape index (κ2) is 7.48. The molecule has 1 atom stereocenters. The van der Waals surface area contributed by atoms with E-state index in [0.29, 0.717) is 25.1 Å². The lowest BCUT2D eigenvalue weighted by molar-refractivity contribution is -0.157. The van der Waals surface area contributed by atoms with Gasteiger partial charge in [0.05, 0.1) is 5.92 Å². The van der Waals surface area contributed by atoms with Gasteiger partial charge in [0.2, 0.25) is 5.91 Å². The molecule has 142 valence electrons. The van der Waals surface area contributed by atoms with Gasteiger partial charge in [0.25, 0.3) is 5.91 Å². The maximum atomic E-state index is 12.9. The summed E-state index contributed by atoms with van der Waals surface area (Å²) in [5, 5.41) is 9.34. The third kappa shape index (κ3) is 4.06. The Kier molecular flexibility index (Phi) is 5.74. The van der Waals surface area contributed by atoms with E-state index in [1.54, 1.807) is 4.90 Å². The normalized spacial score (nSPS) is 17.7. The molecule has 0 aromatic heterocycles. The van der Waals surface area contributed by atoms with Crippen LogP contribution in [0.25, 0.3) is 0 Å². The number of carbonyl (C=O) groups is 3. The summed E-state index contributed by atoms with van der Waals surface area (Å²) in [6.07, 6.45) is 1.39. The van der Waals surface area contributed by atoms with E-state index in [-0.39, 0.29) is 17.7 Å². The smallest absolute Gasteiger partial charge is 0.329 e. The van der Waals surface area contributed by atoms with Crippen LogP contribution in [-0.4, -0.2) is 58.4 Å². The quantitative estimate of drug-likeness (QED) is 0.895. The van der Waals surface area contributed by atoms with E-state index in [4.69, 9.17) is 0 Å². The van der Waals surface area contributed by atoms with Crippen LogP contribution in [0.4, 0.5) is 0 Å². The van der Waals surface area contributed by atoms with E-state index in [2.05, 4.69) is 0 Å². The van der Waals surface area contributed by atoms with Gasteiger partial charge in [-0.2, -0.15) is 0 Å². The van der Waals surface area contributed by atoms with Crippen LogP contribution in [0.2, 0.25) is 0 Å². The molecule has 0 aliphatic carbocycles. The van der Waals surface area contributed by atoms with Crippen molar-refractivity contribution in [1.29, 1.82) is 0 Å². The topological polar surface area (TPSA) is 77.9 Å². The number of aryl methyl sites for hydroxylation is 2. The van der Waals surface area contributed by atoms with Gasteiger partial charge in [0, 0.05) is 25.7 Å². The Hall–Kier alpha value is -2.37. The molecule has 26 heavy (non-hydrogen) atoms. The fourth-order valence-corrected chi connectivity index (χ4v) is 3.34. The van der Waals surface area contributed by atoms with Crippen LogP contribution in [0, 0.1) is 19.8 Å². The molecule has 1 fully saturated rings. The minimum atomic E-state index is -1.28. The van der Waals surface area contributed by atoms with Crippen LogP contribution >= 0.6 is 0 Å². The van der Waals surface area contributed by atoms with Crippen LogP contribution in [0.15, 0.2) is 18.2 Å². The van der Waals surface area contributed by atoms with Gasteiger partial charge in [-0.1, -0.05) is 17.2 Å². The molecule has 1 aliphatic heterocycles. The van der Waals surface area contributed by atoms with Crippen molar-refractivity contribution in [3.05, 3.63) is 34.9 Å². The monoisotopic (exact) mass is 360 g/mol. The second-order valence-corrected chi connectivity index (χ2v) is 7.73. The standard InChI is InChI=1S/C20H28N2O4/c1-13-9-14(2)11-16(10-13)18(24)22-8-6-7-15(12-22)17(23)21(5)20(3,4)19(25)26/h9-11,15H,6-8,12H2,1-5H3,(H,25,26). The van der Waals surface area contributed by atoms with Crippen molar-refractivity contribution >= 4 is 17.8 Å². The lowest BCUT2D eigenvalue weighted by atomic mass is 9.93. The third-order valence-electron chi connectivity index (χ3n) is 5.22. The number of aliphatic carboxylic acids is 1. The number of carboxylic acid groups (broad SMARTS) is 1. The molecule has 0 saturated carbocycles. The van der Waals surface area contributed by atoms with E-state index in [9.17, 15) is 19.5 Å². The second-order valence-electron chi connectivity index (χ2n) is 7.73. The maximum absolute atomic E-state index is 12.9. The van der Waals surface area contributed by atoms with Crippen molar-refractivity contribution < 1.29 is 19.5 Å². The van der Waals surface area contributed by atoms with Crippen molar-refractivity contribution in [2.75, 3.05) is 20.1 Å². The third-order valence-corrected chi connectivity index (χ3v) is 5.22. The van der Waals surface area contributed by atoms with Gasteiger partial charge in [-0.3, -0.25) is 9.59 Å². The SMILES string of the molecule is Cc1cc(C)cc(C(=O)N2CCCC(C(=O)N(C)C(C)(C)C(=O)O)C2)c1. The molecular weight excluding hydrogens is 332 g/mol. The number of benzene rings is 1. The number of hydrogen-bond donors (Lipinski definition) is 1. The highest BCUT2D eigenvalue weighted by atomic mass is 16.4. The van der Waals surface area contributed by atoms with E-state index in [1.165, 1.54) is 25.8 Å². The lowest BCUT2D eigenvalue weighted by Crippen LogP contribution is -2.55. The summed E-state index contributed by atoms with van der Waals surface area (Å²) in [5.74, 6) is -1.72. The van der Waals surface area contributed by atoms with Crippen LogP contribution in [-0.2, 0) is 9.59 Å². The Morgan fingerprint density at radius 1 is 1.15 bits per heavy atom. The van der Waals surface area contributed by atoms with E-state index < -0.39 is 11.5 Å². The number of hydrogen-bond acceptors (Lipinski definition) is 3. The molecule has 2 amide bonds. The minimum absolute atomic E-state index is 0.0746. The van der Waals surface area contributed by atoms with Crippen LogP contribution < -0.4 is 0 Å². The summed E-state index contributed by atoms with van der Waals surface area (Å²) in [4.78, 5) is 40.0. The molecule has 1 saturated heterocycles. The molecule has 2 rings (SSSR count). The van der Waals surface area contributed by atoms with Gasteiger partial charge in [-0.25, -0.2) is 4.79 Å². The lowest BCUT2D eigenvalue weighted by Gasteiger charge is -2.38. The first-order valence-electron chi connectivity index (χ1n) is 8.92. The van der Waals surface area contributed by atoms with Crippen molar-refractivity contribution in [3.63, 3.8) is 0 Å². The molecule has 0 bridgehead atoms. The fraction of sp³-hybridized carbons (Fsp3) is 0.550. The Balaban J connectivity index is 2.14. The Bertz CT molecular complexity index is 706. The van der Waals surface area contributed by atoms with Gasteiger partial charge in [-0.05, 0) is 52.7 Å². The van der Waals surface area contributed by atoms with Crippen LogP contribution in [0.5, 0.6) is 0 Å². The van der Waals surface area contributed by atoms with Gasteiger partial charge in [0.15, 0.2) is 0 Å². The van der Waals surface area contributed by atoms with E-state index >= 15 is 0 Å². The van der Waals surface area contributed by atoms with Crippen LogP contribution in [0.3, 0.4) is 0 Å². The fourth-order valence-electron chi connectivity index (χ4n) is 3.34. The highest BCUT2D eigenvalue weighted by Gasteiger charge is 2.39. The zero-order chi connectivity index (χ0) is 19.6. The van der Waals surface area contributed by atoms with E-state index in [0.717, 1.165) is 17.5 Å². The summed E-state index contributed by atoms with van der Waals surface area (Å²) in [6, 6.07) is 5.74. The molecule has 1 aliphatic rings. The zero-order valence-corrected chi connectivity index (χ0v) is 16.2. The minimum Gasteiger partial charge on any atom is -0.480 e. The molecular formula is C20H28N2O4. The van der Waals surface area contributed by atoms with Crippen molar-refractivity contribution in [2.45, 2.75) is 46.1 Å². The molecule has 0 spiro atoms. The summed E-state index contributed by atoms with van der Waals surface area (Å²) < 4.78 is 0. The average molecular weight is 360 g/mol. The highest BCUT2D eigenvalue weighted by Crippen LogP contribution is 2.24. The number of piperidine rings is 1. The average Bonchev–Trinajstić information content (AvgIpc) is 2.58. The number of likely N-dealkylation sites (tertiary alicyclic amines) is 1. The molecule has 6 nitrogen and oxygen atoms in total. The molecule has 6 heteroatoms. The zero-order valence-electron chi connectivity index (χ0n) is 16.2. The van der Waals surface area contributed by atoms with Crippen molar-refractivity contribution in [1.82, 2.24) is 9.80 Å². The Labute approximate surface area is 154 Å². The molecule has 1 N–H and O–H groups in total. The number of nitrogens with zero attached hydrogens (tertiary/aromatic N) is 2. The Morgan fingerprint density at radius 3 is 2.27 bits per heavy atom. The van der Waals surface area contributed by atoms with Gasteiger partial charge < -0.3 is 14.9 Å². The summed E-state index contributed by atoms with van der Waals surface area (Å²) in [5.41, 5.74) is 1.41. The number of rotatable bonds is 4. The number of carbonyl (C=O) groups excluding carboxylic acids is 2. The largest absolute Gasteiger partial charge is 0.480 e. The first kappa shape index (κ1) is 19.9. The number of likely N-dealkylation sites (N-methyl/N-ethyl adjacent to an activating group) is 1. The predicted octanol–water partition coefficient (Wildman–Crippen LogP) is 2.48. The van der Waals surface area contributed by atoms with Gasteiger partial charge >= 0.3 is 5.97 Å². The van der Waals surface area contributed by atoms with E-state index in [1.807, 2.05) is 32.0 Å². The van der Waals surface area contributed by atoms with Gasteiger partial charge in [-0.15, -0.1) is 0 Å². The number of amides is 2. The molecule has 0 radical (unpaired) electrons. The molecule has 1 unspecified atom stereocenters. The first-order valence-corrected chi connectivity index (χ1v) is 8.92. The highest BCUT2D eigenvalue weighted by molar-refractivity contribution is 5.95. The van der Waals surface area contributed by atoms with Gasteiger partial charge in [0.1, 0.15) is 5.54 Å². The predicted molar refractivity (Wildman–Crippen MR) is 99.0 cm³/mol. The first-order chi connectivity index (χ1) is 12.0. The summed E-state index contributed by atoms with van der Waals surface area (Å²) >= 11 is 0. The molecule has 1 aromatic rings. The molecule has 1 heterocycles. The van der Waals surface area contributed by atoms with Crippen molar-refractivity contribution in [3.8, 4) is 0 Å². The maximum Gasteiger partial charge on any atom is 0.329 e. The number of carboxylic acids is 1. The summed E-state index contributed by atoms with van der Waals surface area (Å²) in [7, 11) is 1.52. The Morgan fingerprint density at radius 2 is 1.73 bits per heavy atom. The van der Waals surface area contributed by atoms with Crippen LogP contribution in [0.1, 0.15) is 48.2 Å². The molecule has 1 aromatic carbocycles. The summed E-state index contributed by atoms with van der Waals surface area (Å²) in [6.45, 7) is 7.86.